The van der Waals surface area contributed by atoms with Crippen LogP contribution in [0.15, 0.2) is 35.3 Å². The van der Waals surface area contributed by atoms with Crippen molar-refractivity contribution in [2.45, 2.75) is 33.1 Å². The second-order valence-corrected chi connectivity index (χ2v) is 7.77. The number of halogens is 1. The molecule has 0 aliphatic heterocycles. The van der Waals surface area contributed by atoms with E-state index in [1.54, 1.807) is 32.2 Å². The van der Waals surface area contributed by atoms with Crippen molar-refractivity contribution in [3.63, 3.8) is 0 Å². The minimum Gasteiger partial charge on any atom is -0.325 e. The van der Waals surface area contributed by atoms with Gasteiger partial charge in [-0.2, -0.15) is 5.26 Å². The Morgan fingerprint density at radius 2 is 2.03 bits per heavy atom. The van der Waals surface area contributed by atoms with Gasteiger partial charge in [0.1, 0.15) is 17.4 Å². The highest BCUT2D eigenvalue weighted by molar-refractivity contribution is 7.15. The van der Waals surface area contributed by atoms with E-state index in [0.29, 0.717) is 29.2 Å². The number of nitrogens with zero attached hydrogens (tertiary/aromatic N) is 2. The maximum Gasteiger partial charge on any atom is 0.266 e. The van der Waals surface area contributed by atoms with Crippen LogP contribution in [0.1, 0.15) is 39.2 Å². The lowest BCUT2D eigenvalue weighted by Crippen LogP contribution is -2.18. The van der Waals surface area contributed by atoms with Crippen molar-refractivity contribution in [2.24, 2.45) is 0 Å². The van der Waals surface area contributed by atoms with Crippen LogP contribution < -0.4 is 10.9 Å². The van der Waals surface area contributed by atoms with Gasteiger partial charge in [-0.3, -0.25) is 9.59 Å². The van der Waals surface area contributed by atoms with Gasteiger partial charge in [0.05, 0.1) is 0 Å². The average Bonchev–Trinajstić information content (AvgIpc) is 3.10. The van der Waals surface area contributed by atoms with Gasteiger partial charge in [-0.05, 0) is 49.1 Å². The van der Waals surface area contributed by atoms with Gasteiger partial charge < -0.3 is 10.3 Å². The number of nitrogens with one attached hydrogen (secondary N) is 2. The molecule has 0 atom stereocenters. The lowest BCUT2D eigenvalue weighted by atomic mass is 9.99. The Morgan fingerprint density at radius 3 is 2.72 bits per heavy atom. The first-order valence-electron chi connectivity index (χ1n) is 8.99. The molecule has 0 saturated carbocycles. The highest BCUT2D eigenvalue weighted by atomic mass is 32.1. The van der Waals surface area contributed by atoms with Gasteiger partial charge >= 0.3 is 0 Å². The molecule has 1 aromatic carbocycles. The predicted molar refractivity (Wildman–Crippen MR) is 110 cm³/mol. The molecule has 3 aromatic rings. The summed E-state index contributed by atoms with van der Waals surface area (Å²) in [6, 6.07) is 8.18. The first kappa shape index (κ1) is 20.4. The zero-order valence-electron chi connectivity index (χ0n) is 16.0. The first-order valence-corrected chi connectivity index (χ1v) is 9.80. The molecule has 0 unspecified atom stereocenters. The van der Waals surface area contributed by atoms with Crippen LogP contribution >= 0.6 is 11.3 Å². The van der Waals surface area contributed by atoms with Crippen molar-refractivity contribution >= 4 is 22.4 Å². The Morgan fingerprint density at radius 1 is 1.31 bits per heavy atom. The molecule has 8 heteroatoms. The van der Waals surface area contributed by atoms with E-state index in [1.165, 1.54) is 23.5 Å². The molecule has 3 rings (SSSR count). The van der Waals surface area contributed by atoms with Crippen LogP contribution in [0, 0.1) is 31.0 Å². The molecule has 0 bridgehead atoms. The van der Waals surface area contributed by atoms with Gasteiger partial charge in [0.15, 0.2) is 5.13 Å². The molecule has 0 fully saturated rings. The number of amides is 1. The molecular weight excluding hydrogens is 391 g/mol. The summed E-state index contributed by atoms with van der Waals surface area (Å²) in [6.45, 7) is 3.47. The van der Waals surface area contributed by atoms with E-state index in [4.69, 9.17) is 5.26 Å². The molecule has 148 valence electrons. The highest BCUT2D eigenvalue weighted by Gasteiger charge is 2.14. The molecule has 0 aliphatic carbocycles. The van der Waals surface area contributed by atoms with Crippen LogP contribution in [0.4, 0.5) is 9.52 Å². The van der Waals surface area contributed by atoms with Crippen LogP contribution in [-0.4, -0.2) is 15.9 Å². The number of rotatable bonds is 6. The number of carbonyl (C=O) groups excluding carboxylic acids is 1. The number of thiazole rings is 1. The summed E-state index contributed by atoms with van der Waals surface area (Å²) in [4.78, 5) is 31.9. The summed E-state index contributed by atoms with van der Waals surface area (Å²) >= 11 is 1.37. The van der Waals surface area contributed by atoms with Crippen LogP contribution in [0.5, 0.6) is 0 Å². The second-order valence-electron chi connectivity index (χ2n) is 6.65. The number of hydrogen-bond acceptors (Lipinski definition) is 5. The molecule has 0 aliphatic rings. The van der Waals surface area contributed by atoms with Crippen molar-refractivity contribution in [2.75, 3.05) is 5.32 Å². The van der Waals surface area contributed by atoms with Crippen molar-refractivity contribution in [3.8, 4) is 6.07 Å². The molecule has 6 nitrogen and oxygen atoms in total. The Balaban J connectivity index is 1.61. The summed E-state index contributed by atoms with van der Waals surface area (Å²) in [5.41, 5.74) is 2.70. The molecule has 0 spiro atoms. The summed E-state index contributed by atoms with van der Waals surface area (Å²) in [5, 5.41) is 12.4. The number of nitriles is 1. The van der Waals surface area contributed by atoms with E-state index in [0.717, 1.165) is 16.0 Å². The molecular formula is C21H19FN4O2S. The SMILES string of the molecule is Cc1[nH]c(=O)c(C#N)c(C)c1CCC(=O)Nc1ncc(Cc2ccc(F)cc2)s1. The molecule has 1 amide bonds. The fourth-order valence-electron chi connectivity index (χ4n) is 3.09. The smallest absolute Gasteiger partial charge is 0.266 e. The number of aromatic nitrogens is 2. The van der Waals surface area contributed by atoms with Gasteiger partial charge in [0, 0.05) is 29.6 Å². The van der Waals surface area contributed by atoms with Gasteiger partial charge in [-0.25, -0.2) is 9.37 Å². The molecule has 0 radical (unpaired) electrons. The maximum absolute atomic E-state index is 13.0. The number of benzene rings is 1. The van der Waals surface area contributed by atoms with Gasteiger partial charge in [-0.1, -0.05) is 12.1 Å². The zero-order chi connectivity index (χ0) is 21.0. The zero-order valence-corrected chi connectivity index (χ0v) is 16.8. The van der Waals surface area contributed by atoms with E-state index in [-0.39, 0.29) is 23.7 Å². The third-order valence-electron chi connectivity index (χ3n) is 4.61. The summed E-state index contributed by atoms with van der Waals surface area (Å²) in [7, 11) is 0. The monoisotopic (exact) mass is 410 g/mol. The Kier molecular flexibility index (Phi) is 6.20. The molecule has 2 aromatic heterocycles. The molecule has 0 saturated heterocycles. The summed E-state index contributed by atoms with van der Waals surface area (Å²) < 4.78 is 13.0. The molecule has 2 heterocycles. The lowest BCUT2D eigenvalue weighted by molar-refractivity contribution is -0.116. The predicted octanol–water partition coefficient (Wildman–Crippen LogP) is 3.62. The number of carbonyl (C=O) groups is 1. The van der Waals surface area contributed by atoms with Gasteiger partial charge in [0.25, 0.3) is 5.56 Å². The number of anilines is 1. The average molecular weight is 410 g/mol. The molecule has 29 heavy (non-hydrogen) atoms. The van der Waals surface area contributed by atoms with E-state index >= 15 is 0 Å². The summed E-state index contributed by atoms with van der Waals surface area (Å²) in [5.74, 6) is -0.475. The molecule has 2 N–H and O–H groups in total. The third kappa shape index (κ3) is 4.95. The van der Waals surface area contributed by atoms with E-state index in [1.807, 2.05) is 6.07 Å². The van der Waals surface area contributed by atoms with E-state index < -0.39 is 5.56 Å². The minimum atomic E-state index is -0.410. The van der Waals surface area contributed by atoms with Crippen LogP contribution in [-0.2, 0) is 17.6 Å². The maximum atomic E-state index is 13.0. The van der Waals surface area contributed by atoms with E-state index in [9.17, 15) is 14.0 Å². The largest absolute Gasteiger partial charge is 0.325 e. The van der Waals surface area contributed by atoms with Crippen molar-refractivity contribution in [3.05, 3.63) is 79.5 Å². The van der Waals surface area contributed by atoms with Gasteiger partial charge in [0.2, 0.25) is 5.91 Å². The summed E-state index contributed by atoms with van der Waals surface area (Å²) in [6.07, 6.45) is 2.91. The lowest BCUT2D eigenvalue weighted by Gasteiger charge is -2.10. The quantitative estimate of drug-likeness (QED) is 0.648. The van der Waals surface area contributed by atoms with Gasteiger partial charge in [-0.15, -0.1) is 11.3 Å². The first-order chi connectivity index (χ1) is 13.9. The van der Waals surface area contributed by atoms with Crippen LogP contribution in [0.2, 0.25) is 0 Å². The third-order valence-corrected chi connectivity index (χ3v) is 5.53. The van der Waals surface area contributed by atoms with E-state index in [2.05, 4.69) is 15.3 Å². The normalized spacial score (nSPS) is 10.6. The fourth-order valence-corrected chi connectivity index (χ4v) is 3.95. The van der Waals surface area contributed by atoms with Crippen molar-refractivity contribution in [1.82, 2.24) is 9.97 Å². The fraction of sp³-hybridized carbons (Fsp3) is 0.238. The Hall–Kier alpha value is -3.31. The number of aryl methyl sites for hydroxylation is 1. The Bertz CT molecular complexity index is 1140. The highest BCUT2D eigenvalue weighted by Crippen LogP contribution is 2.22. The topological polar surface area (TPSA) is 98.6 Å². The number of pyridine rings is 1. The number of H-pyrrole nitrogens is 1. The number of aromatic amines is 1. The standard InChI is InChI=1S/C21H19FN4O2S/c1-12-17(13(2)25-20(28)18(12)10-23)7-8-19(27)26-21-24-11-16(29-21)9-14-3-5-15(22)6-4-14/h3-6,11H,7-9H2,1-2H3,(H,25,28)(H,24,26,27). The minimum absolute atomic E-state index is 0.0800. The Labute approximate surface area is 171 Å². The van der Waals surface area contributed by atoms with Crippen molar-refractivity contribution in [1.29, 1.82) is 5.26 Å². The van der Waals surface area contributed by atoms with Crippen molar-refractivity contribution < 1.29 is 9.18 Å². The van der Waals surface area contributed by atoms with Crippen LogP contribution in [0.25, 0.3) is 0 Å². The second kappa shape index (κ2) is 8.80. The number of hydrogen-bond donors (Lipinski definition) is 2. The van der Waals surface area contributed by atoms with Crippen LogP contribution in [0.3, 0.4) is 0 Å².